The third-order valence-corrected chi connectivity index (χ3v) is 2.77. The smallest absolute Gasteiger partial charge is 0.287 e. The number of nitrogens with zero attached hydrogens (tertiary/aromatic N) is 1. The molecule has 80 valence electrons. The van der Waals surface area contributed by atoms with Crippen molar-refractivity contribution >= 4 is 17.3 Å². The van der Waals surface area contributed by atoms with Crippen LogP contribution in [0.1, 0.15) is 19.3 Å². The average Bonchev–Trinajstić information content (AvgIpc) is 2.53. The molecular formula is C11H12ClNO2. The summed E-state index contributed by atoms with van der Waals surface area (Å²) in [5, 5.41) is 11.8. The Morgan fingerprint density at radius 1 is 1.60 bits per heavy atom. The van der Waals surface area contributed by atoms with E-state index in [1.54, 1.807) is 12.2 Å². The van der Waals surface area contributed by atoms with Crippen LogP contribution >= 0.6 is 11.6 Å². The van der Waals surface area contributed by atoms with Gasteiger partial charge in [-0.3, -0.25) is 0 Å². The molecule has 0 spiro atoms. The number of halogens is 1. The van der Waals surface area contributed by atoms with Crippen LogP contribution in [0.15, 0.2) is 35.2 Å². The van der Waals surface area contributed by atoms with Crippen molar-refractivity contribution in [2.75, 3.05) is 6.61 Å². The van der Waals surface area contributed by atoms with Gasteiger partial charge >= 0.3 is 0 Å². The molecule has 0 unspecified atom stereocenters. The Kier molecular flexibility index (Phi) is 2.82. The van der Waals surface area contributed by atoms with Crippen molar-refractivity contribution in [2.24, 2.45) is 0 Å². The number of hydrogen-bond donors (Lipinski definition) is 0. The van der Waals surface area contributed by atoms with Gasteiger partial charge in [-0.1, -0.05) is 12.7 Å². The number of ether oxygens (including phenoxy) is 1. The first-order valence-electron chi connectivity index (χ1n) is 4.91. The Morgan fingerprint density at radius 2 is 2.40 bits per heavy atom. The molecule has 0 saturated heterocycles. The van der Waals surface area contributed by atoms with Crippen LogP contribution in [0.3, 0.4) is 0 Å². The van der Waals surface area contributed by atoms with Crippen molar-refractivity contribution in [3.8, 4) is 0 Å². The lowest BCUT2D eigenvalue weighted by atomic mass is 9.96. The van der Waals surface area contributed by atoms with Crippen LogP contribution in [-0.2, 0) is 4.74 Å². The summed E-state index contributed by atoms with van der Waals surface area (Å²) in [6, 6.07) is 0. The fourth-order valence-electron chi connectivity index (χ4n) is 1.84. The molecule has 3 nitrogen and oxygen atoms in total. The summed E-state index contributed by atoms with van der Waals surface area (Å²) in [5.74, 6) is 0.854. The molecule has 0 amide bonds. The van der Waals surface area contributed by atoms with Crippen molar-refractivity contribution in [3.63, 3.8) is 0 Å². The van der Waals surface area contributed by atoms with Gasteiger partial charge in [0.05, 0.1) is 5.57 Å². The molecule has 1 aliphatic heterocycles. The normalized spacial score (nSPS) is 20.2. The Labute approximate surface area is 93.6 Å². The van der Waals surface area contributed by atoms with Crippen LogP contribution in [0.25, 0.3) is 0 Å². The second kappa shape index (κ2) is 4.11. The Balaban J connectivity index is 2.33. The number of allylic oxidation sites excluding steroid dienone is 3. The van der Waals surface area contributed by atoms with E-state index in [4.69, 9.17) is 16.3 Å². The second-order valence-electron chi connectivity index (χ2n) is 3.50. The summed E-state index contributed by atoms with van der Waals surface area (Å²) < 4.78 is 6.30. The highest BCUT2D eigenvalue weighted by molar-refractivity contribution is 6.30. The topological polar surface area (TPSA) is 35.3 Å². The molecular weight excluding hydrogens is 214 g/mol. The zero-order valence-electron chi connectivity index (χ0n) is 8.33. The van der Waals surface area contributed by atoms with Crippen LogP contribution < -0.4 is 0 Å². The van der Waals surface area contributed by atoms with Gasteiger partial charge in [-0.15, -0.1) is 0 Å². The van der Waals surface area contributed by atoms with E-state index >= 15 is 0 Å². The van der Waals surface area contributed by atoms with Crippen molar-refractivity contribution < 1.29 is 9.48 Å². The summed E-state index contributed by atoms with van der Waals surface area (Å²) >= 11 is 5.78. The highest BCUT2D eigenvalue weighted by Gasteiger charge is 2.31. The molecule has 2 rings (SSSR count). The van der Waals surface area contributed by atoms with Crippen LogP contribution in [0, 0.1) is 5.21 Å². The third kappa shape index (κ3) is 1.79. The summed E-state index contributed by atoms with van der Waals surface area (Å²) in [5.41, 5.74) is 1.59. The molecule has 0 radical (unpaired) electrons. The summed E-state index contributed by atoms with van der Waals surface area (Å²) in [4.78, 5) is 0. The lowest BCUT2D eigenvalue weighted by Gasteiger charge is -2.16. The van der Waals surface area contributed by atoms with Gasteiger partial charge in [0.15, 0.2) is 0 Å². The van der Waals surface area contributed by atoms with Crippen molar-refractivity contribution in [1.29, 1.82) is 0 Å². The summed E-state index contributed by atoms with van der Waals surface area (Å²) in [6.07, 6.45) is 5.94. The van der Waals surface area contributed by atoms with Crippen molar-refractivity contribution in [3.05, 3.63) is 40.4 Å². The maximum absolute atomic E-state index is 11.5. The molecule has 0 aromatic carbocycles. The van der Waals surface area contributed by atoms with E-state index in [-0.39, 0.29) is 5.16 Å². The first kappa shape index (κ1) is 10.3. The largest absolute Gasteiger partial charge is 0.617 e. The number of hydrogen-bond acceptors (Lipinski definition) is 2. The van der Waals surface area contributed by atoms with E-state index in [1.165, 1.54) is 0 Å². The SMILES string of the molecule is C=CCOC1=C2C=C(Cl)[N+]([O-])=C2CCC1. The Hall–Kier alpha value is -1.22. The second-order valence-corrected chi connectivity index (χ2v) is 3.89. The zero-order chi connectivity index (χ0) is 10.8. The molecule has 0 N–H and O–H groups in total. The summed E-state index contributed by atoms with van der Waals surface area (Å²) in [7, 11) is 0. The van der Waals surface area contributed by atoms with E-state index in [0.29, 0.717) is 6.61 Å². The number of hydroxylamine groups is 1. The van der Waals surface area contributed by atoms with E-state index in [9.17, 15) is 5.21 Å². The van der Waals surface area contributed by atoms with E-state index < -0.39 is 0 Å². The molecule has 0 bridgehead atoms. The number of fused-ring (bicyclic) bond motifs is 1. The minimum Gasteiger partial charge on any atom is -0.617 e. The van der Waals surface area contributed by atoms with Gasteiger partial charge in [0.2, 0.25) is 5.71 Å². The van der Waals surface area contributed by atoms with Crippen LogP contribution in [0.2, 0.25) is 0 Å². The molecule has 0 aromatic rings. The minimum atomic E-state index is 0.224. The van der Waals surface area contributed by atoms with E-state index in [1.807, 2.05) is 0 Å². The summed E-state index contributed by atoms with van der Waals surface area (Å²) in [6.45, 7) is 4.06. The van der Waals surface area contributed by atoms with E-state index in [2.05, 4.69) is 6.58 Å². The minimum absolute atomic E-state index is 0.224. The number of rotatable bonds is 3. The van der Waals surface area contributed by atoms with Gasteiger partial charge in [0.25, 0.3) is 5.16 Å². The fraction of sp³-hybridized carbons (Fsp3) is 0.364. The Morgan fingerprint density at radius 3 is 3.13 bits per heavy atom. The van der Waals surface area contributed by atoms with Crippen LogP contribution in [0.4, 0.5) is 0 Å². The van der Waals surface area contributed by atoms with Gasteiger partial charge in [-0.25, -0.2) is 0 Å². The predicted octanol–water partition coefficient (Wildman–Crippen LogP) is 2.67. The first-order valence-corrected chi connectivity index (χ1v) is 5.29. The van der Waals surface area contributed by atoms with Gasteiger partial charge in [-0.2, -0.15) is 4.74 Å². The molecule has 4 heteroatoms. The maximum Gasteiger partial charge on any atom is 0.287 e. The maximum atomic E-state index is 11.5. The van der Waals surface area contributed by atoms with Gasteiger partial charge in [-0.05, 0) is 18.0 Å². The van der Waals surface area contributed by atoms with Gasteiger partial charge in [0.1, 0.15) is 12.4 Å². The van der Waals surface area contributed by atoms with E-state index in [0.717, 1.165) is 41.0 Å². The highest BCUT2D eigenvalue weighted by atomic mass is 35.5. The zero-order valence-corrected chi connectivity index (χ0v) is 9.09. The first-order chi connectivity index (χ1) is 7.24. The quantitative estimate of drug-likeness (QED) is 0.320. The van der Waals surface area contributed by atoms with Crippen molar-refractivity contribution in [2.45, 2.75) is 19.3 Å². The molecule has 0 atom stereocenters. The molecule has 0 fully saturated rings. The fourth-order valence-corrected chi connectivity index (χ4v) is 2.05. The highest BCUT2D eigenvalue weighted by Crippen LogP contribution is 2.30. The molecule has 1 heterocycles. The molecule has 2 aliphatic rings. The lowest BCUT2D eigenvalue weighted by molar-refractivity contribution is -0.385. The molecule has 0 aromatic heterocycles. The molecule has 15 heavy (non-hydrogen) atoms. The Bertz CT molecular complexity index is 393. The monoisotopic (exact) mass is 225 g/mol. The van der Waals surface area contributed by atoms with Crippen molar-refractivity contribution in [1.82, 2.24) is 0 Å². The average molecular weight is 226 g/mol. The van der Waals surface area contributed by atoms with Gasteiger partial charge < -0.3 is 9.94 Å². The third-order valence-electron chi connectivity index (χ3n) is 2.51. The lowest BCUT2D eigenvalue weighted by Crippen LogP contribution is -2.16. The predicted molar refractivity (Wildman–Crippen MR) is 59.6 cm³/mol. The molecule has 0 saturated carbocycles. The molecule has 1 aliphatic carbocycles. The standard InChI is InChI=1S/C11H12ClNO2/c1-2-6-15-10-5-3-4-9-8(10)7-11(12)13(9)14/h2,7H,1,3-6H2. The van der Waals surface area contributed by atoms with Gasteiger partial charge in [0, 0.05) is 18.9 Å². The van der Waals surface area contributed by atoms with Crippen LogP contribution in [0.5, 0.6) is 0 Å². The van der Waals surface area contributed by atoms with Crippen LogP contribution in [-0.4, -0.2) is 17.1 Å².